The maximum Gasteiger partial charge on any atom is 0.472 e. The average Bonchev–Trinajstić information content (AvgIpc) is 3.41. The van der Waals surface area contributed by atoms with Crippen LogP contribution in [0.4, 0.5) is 0 Å². The smallest absolute Gasteiger partial charge is 0.391 e. The average molecular weight is 1110 g/mol. The number of unbranched alkanes of at least 4 members (excludes halogenated alkanes) is 36. The second-order valence-corrected chi connectivity index (χ2v) is 25.3. The van der Waals surface area contributed by atoms with E-state index in [-0.39, 0.29) is 19.1 Å². The van der Waals surface area contributed by atoms with E-state index in [1.54, 1.807) is 0 Å². The second-order valence-electron chi connectivity index (χ2n) is 23.8. The SMILES string of the molecule is CC/C=C\C/C=C\C/C=C\C/C=C\C/C=C\C/C=C\CCCCCCC(=O)NC(COP(=O)(O)OCC[N+](C)(C)C)C(O)CCCCCCCCCCCCCCCCCCCCCCCCCCCCCCCCCCC. The van der Waals surface area contributed by atoms with Crippen LogP contribution in [0.25, 0.3) is 0 Å². The lowest BCUT2D eigenvalue weighted by Gasteiger charge is -2.26. The Hall–Kier alpha value is -2.06. The van der Waals surface area contributed by atoms with Gasteiger partial charge in [-0.2, -0.15) is 0 Å². The van der Waals surface area contributed by atoms with E-state index in [4.69, 9.17) is 9.05 Å². The van der Waals surface area contributed by atoms with Crippen LogP contribution in [-0.2, 0) is 18.4 Å². The predicted octanol–water partition coefficient (Wildman–Crippen LogP) is 21.0. The molecule has 0 aliphatic rings. The van der Waals surface area contributed by atoms with Crippen molar-refractivity contribution in [3.05, 3.63) is 72.9 Å². The Morgan fingerprint density at radius 2 is 0.769 bits per heavy atom. The molecule has 0 radical (unpaired) electrons. The molecular weight excluding hydrogens is 984 g/mol. The van der Waals surface area contributed by atoms with Gasteiger partial charge in [0.1, 0.15) is 13.2 Å². The standard InChI is InChI=1S/C69H129N2O6P/c1-6-8-10-12-14-16-18-20-22-24-26-28-30-31-32-33-34-35-36-37-38-39-41-42-44-46-48-50-52-54-56-58-60-62-68(72)67(66-77-78(74,75)76-65-64-71(3,4)5)70-69(73)63-61-59-57-55-53-51-49-47-45-43-40-29-27-25-23-21-19-17-15-13-11-9-7-2/h9,11,15,17,21,23,27,29,43,45,49,51,67-68,72H,6-8,10,12-14,16,18-20,22,24-26,28,30-42,44,46-48,50,52-66H2,1-5H3,(H-,70,73,74,75)/p+1/b11-9-,17-15-,23-21-,29-27-,45-43-,51-49-. The van der Waals surface area contributed by atoms with Crippen molar-refractivity contribution in [2.75, 3.05) is 40.9 Å². The predicted molar refractivity (Wildman–Crippen MR) is 341 cm³/mol. The van der Waals surface area contributed by atoms with E-state index >= 15 is 0 Å². The van der Waals surface area contributed by atoms with Crippen molar-refractivity contribution in [3.63, 3.8) is 0 Å². The van der Waals surface area contributed by atoms with Gasteiger partial charge in [-0.15, -0.1) is 0 Å². The first kappa shape index (κ1) is 75.9. The number of allylic oxidation sites excluding steroid dienone is 12. The summed E-state index contributed by atoms with van der Waals surface area (Å²) in [6.07, 6.45) is 82.9. The van der Waals surface area contributed by atoms with Crippen molar-refractivity contribution in [3.8, 4) is 0 Å². The number of aliphatic hydroxyl groups excluding tert-OH is 1. The van der Waals surface area contributed by atoms with E-state index in [1.165, 1.54) is 193 Å². The minimum absolute atomic E-state index is 0.0661. The van der Waals surface area contributed by atoms with Crippen LogP contribution in [0.5, 0.6) is 0 Å². The fraction of sp³-hybridized carbons (Fsp3) is 0.812. The molecule has 0 saturated carbocycles. The van der Waals surface area contributed by atoms with E-state index in [0.29, 0.717) is 23.9 Å². The van der Waals surface area contributed by atoms with Crippen LogP contribution in [0, 0.1) is 0 Å². The van der Waals surface area contributed by atoms with Gasteiger partial charge in [-0.3, -0.25) is 13.8 Å². The Morgan fingerprint density at radius 3 is 1.13 bits per heavy atom. The molecule has 0 saturated heterocycles. The maximum atomic E-state index is 13.0. The molecule has 456 valence electrons. The first-order valence-electron chi connectivity index (χ1n) is 33.3. The number of carbonyl (C=O) groups is 1. The molecule has 0 bridgehead atoms. The van der Waals surface area contributed by atoms with Gasteiger partial charge in [-0.1, -0.05) is 311 Å². The maximum absolute atomic E-state index is 13.0. The number of phosphoric ester groups is 1. The molecule has 0 rings (SSSR count). The lowest BCUT2D eigenvalue weighted by Crippen LogP contribution is -2.46. The number of aliphatic hydroxyl groups is 1. The molecule has 78 heavy (non-hydrogen) atoms. The first-order chi connectivity index (χ1) is 38.0. The van der Waals surface area contributed by atoms with Crippen LogP contribution in [0.2, 0.25) is 0 Å². The minimum Gasteiger partial charge on any atom is -0.391 e. The molecule has 0 aliphatic carbocycles. The van der Waals surface area contributed by atoms with Crippen LogP contribution in [-0.4, -0.2) is 73.4 Å². The van der Waals surface area contributed by atoms with Crippen molar-refractivity contribution in [1.82, 2.24) is 5.32 Å². The van der Waals surface area contributed by atoms with Crippen LogP contribution in [0.3, 0.4) is 0 Å². The molecule has 1 amide bonds. The molecule has 0 heterocycles. The Bertz CT molecular complexity index is 1500. The van der Waals surface area contributed by atoms with E-state index in [2.05, 4.69) is 92.1 Å². The zero-order chi connectivity index (χ0) is 57.0. The summed E-state index contributed by atoms with van der Waals surface area (Å²) in [5, 5.41) is 14.1. The Morgan fingerprint density at radius 1 is 0.449 bits per heavy atom. The van der Waals surface area contributed by atoms with Crippen molar-refractivity contribution in [2.24, 2.45) is 0 Å². The summed E-state index contributed by atoms with van der Waals surface area (Å²) in [5.74, 6) is -0.167. The summed E-state index contributed by atoms with van der Waals surface area (Å²) in [7, 11) is 1.60. The largest absolute Gasteiger partial charge is 0.472 e. The highest BCUT2D eigenvalue weighted by atomic mass is 31.2. The van der Waals surface area contributed by atoms with Crippen molar-refractivity contribution in [1.29, 1.82) is 0 Å². The molecule has 3 unspecified atom stereocenters. The van der Waals surface area contributed by atoms with Gasteiger partial charge >= 0.3 is 7.82 Å². The number of amides is 1. The summed E-state index contributed by atoms with van der Waals surface area (Å²) in [6, 6.07) is -0.781. The van der Waals surface area contributed by atoms with Crippen LogP contribution in [0.1, 0.15) is 309 Å². The number of phosphoric acid groups is 1. The number of rotatable bonds is 61. The molecule has 0 aromatic rings. The van der Waals surface area contributed by atoms with Gasteiger partial charge in [0.25, 0.3) is 0 Å². The monoisotopic (exact) mass is 1110 g/mol. The third-order valence-corrected chi connectivity index (χ3v) is 16.0. The van der Waals surface area contributed by atoms with E-state index in [0.717, 1.165) is 89.9 Å². The second kappa shape index (κ2) is 59.6. The molecule has 3 N–H and O–H groups in total. The molecule has 0 spiro atoms. The van der Waals surface area contributed by atoms with Gasteiger partial charge in [0, 0.05) is 6.42 Å². The van der Waals surface area contributed by atoms with Gasteiger partial charge in [-0.05, 0) is 64.2 Å². The highest BCUT2D eigenvalue weighted by Crippen LogP contribution is 2.43. The van der Waals surface area contributed by atoms with E-state index < -0.39 is 20.0 Å². The lowest BCUT2D eigenvalue weighted by molar-refractivity contribution is -0.870. The number of carbonyl (C=O) groups excluding carboxylic acids is 1. The van der Waals surface area contributed by atoms with Gasteiger partial charge < -0.3 is 19.8 Å². The number of nitrogens with one attached hydrogen (secondary N) is 1. The Kier molecular flexibility index (Phi) is 58.0. The number of quaternary nitrogens is 1. The zero-order valence-corrected chi connectivity index (χ0v) is 53.0. The highest BCUT2D eigenvalue weighted by Gasteiger charge is 2.28. The topological polar surface area (TPSA) is 105 Å². The molecule has 0 aromatic carbocycles. The Balaban J connectivity index is 4.08. The lowest BCUT2D eigenvalue weighted by atomic mass is 10.0. The number of hydrogen-bond donors (Lipinski definition) is 3. The van der Waals surface area contributed by atoms with Crippen molar-refractivity contribution in [2.45, 2.75) is 321 Å². The fourth-order valence-electron chi connectivity index (χ4n) is 9.82. The first-order valence-corrected chi connectivity index (χ1v) is 34.8. The molecule has 0 fully saturated rings. The summed E-state index contributed by atoms with van der Waals surface area (Å²) in [4.78, 5) is 23.4. The van der Waals surface area contributed by atoms with Gasteiger partial charge in [0.05, 0.1) is 39.9 Å². The molecule has 8 nitrogen and oxygen atoms in total. The summed E-state index contributed by atoms with van der Waals surface area (Å²) in [5.41, 5.74) is 0. The number of nitrogens with zero attached hydrogens (tertiary/aromatic N) is 1. The third kappa shape index (κ3) is 61.6. The summed E-state index contributed by atoms with van der Waals surface area (Å²) < 4.78 is 23.8. The Labute approximate surface area is 484 Å². The van der Waals surface area contributed by atoms with E-state index in [1.807, 2.05) is 21.1 Å². The van der Waals surface area contributed by atoms with Crippen molar-refractivity contribution >= 4 is 13.7 Å². The highest BCUT2D eigenvalue weighted by molar-refractivity contribution is 7.47. The number of hydrogen-bond acceptors (Lipinski definition) is 5. The molecular formula is C69H130N2O6P+. The molecule has 9 heteroatoms. The molecule has 0 aromatic heterocycles. The third-order valence-electron chi connectivity index (χ3n) is 15.0. The molecule has 3 atom stereocenters. The quantitative estimate of drug-likeness (QED) is 0.0243. The van der Waals surface area contributed by atoms with Gasteiger partial charge in [0.2, 0.25) is 5.91 Å². The van der Waals surface area contributed by atoms with Crippen LogP contribution >= 0.6 is 7.82 Å². The summed E-state index contributed by atoms with van der Waals surface area (Å²) >= 11 is 0. The zero-order valence-electron chi connectivity index (χ0n) is 52.2. The van der Waals surface area contributed by atoms with Gasteiger partial charge in [0.15, 0.2) is 0 Å². The number of likely N-dealkylation sites (N-methyl/N-ethyl adjacent to an activating group) is 1. The minimum atomic E-state index is -4.34. The van der Waals surface area contributed by atoms with Crippen molar-refractivity contribution < 1.29 is 32.9 Å². The van der Waals surface area contributed by atoms with E-state index in [9.17, 15) is 19.4 Å². The van der Waals surface area contributed by atoms with Gasteiger partial charge in [-0.25, -0.2) is 4.57 Å². The van der Waals surface area contributed by atoms with Crippen LogP contribution in [0.15, 0.2) is 72.9 Å². The fourth-order valence-corrected chi connectivity index (χ4v) is 10.6. The normalized spacial score (nSPS) is 14.2. The molecule has 0 aliphatic heterocycles. The summed E-state index contributed by atoms with van der Waals surface area (Å²) in [6.45, 7) is 4.78. The van der Waals surface area contributed by atoms with Crippen LogP contribution < -0.4 is 5.32 Å².